The molecule has 0 unspecified atom stereocenters. The van der Waals surface area contributed by atoms with E-state index < -0.39 is 0 Å². The number of hydrogen-bond donors (Lipinski definition) is 1. The zero-order chi connectivity index (χ0) is 9.11. The van der Waals surface area contributed by atoms with Crippen molar-refractivity contribution in [3.63, 3.8) is 0 Å². The first-order valence-corrected chi connectivity index (χ1v) is 4.31. The largest absolute Gasteiger partial charge is 0.368 e. The maximum Gasteiger partial charge on any atom is 0.000496 e. The molecule has 0 fully saturated rings. The molecule has 12 heavy (non-hydrogen) atoms. The van der Waals surface area contributed by atoms with E-state index in [2.05, 4.69) is 25.8 Å². The Bertz CT molecular complexity index is 88.6. The monoisotopic (exact) mass is 171 g/mol. The van der Waals surface area contributed by atoms with Crippen LogP contribution < -0.4 is 0 Å². The summed E-state index contributed by atoms with van der Waals surface area (Å²) >= 11 is 0. The molecule has 1 heteroatoms. The topological polar surface area (TPSA) is 15.8 Å². The molecule has 0 saturated heterocycles. The molecule has 1 rings (SSSR count). The molecule has 0 bridgehead atoms. The second-order valence-electron chi connectivity index (χ2n) is 2.62. The molecule has 0 aliphatic rings. The van der Waals surface area contributed by atoms with Gasteiger partial charge < -0.3 is 4.98 Å². The first-order valence-electron chi connectivity index (χ1n) is 4.31. The molecule has 1 heterocycles. The van der Waals surface area contributed by atoms with Crippen molar-refractivity contribution >= 4 is 0 Å². The smallest absolute Gasteiger partial charge is 0.000496 e. The lowest BCUT2D eigenvalue weighted by Crippen LogP contribution is -1.66. The Morgan fingerprint density at radius 1 is 0.917 bits per heavy atom. The van der Waals surface area contributed by atoms with Gasteiger partial charge in [-0.25, -0.2) is 0 Å². The summed E-state index contributed by atoms with van der Waals surface area (Å²) in [5.41, 5.74) is 0. The Labute approximate surface area is 78.2 Å². The van der Waals surface area contributed by atoms with Gasteiger partial charge in [-0.1, -0.05) is 42.0 Å². The molecular weight excluding hydrogens is 146 g/mol. The van der Waals surface area contributed by atoms with Crippen molar-refractivity contribution in [2.24, 2.45) is 5.92 Å². The predicted octanol–water partition coefficient (Wildman–Crippen LogP) is 4.34. The van der Waals surface area contributed by atoms with Gasteiger partial charge in [-0.3, -0.25) is 0 Å². The van der Waals surface area contributed by atoms with E-state index in [1.165, 1.54) is 0 Å². The minimum atomic E-state index is 0. The average molecular weight is 171 g/mol. The highest BCUT2D eigenvalue weighted by molar-refractivity contribution is 4.84. The van der Waals surface area contributed by atoms with Gasteiger partial charge >= 0.3 is 0 Å². The lowest BCUT2D eigenvalue weighted by Gasteiger charge is -1.79. The van der Waals surface area contributed by atoms with E-state index in [9.17, 15) is 0 Å². The Balaban J connectivity index is -0.000000107. The van der Waals surface area contributed by atoms with Crippen LogP contribution in [0.1, 0.15) is 42.0 Å². The molecule has 1 aromatic rings. The van der Waals surface area contributed by atoms with Gasteiger partial charge in [0.15, 0.2) is 0 Å². The van der Waals surface area contributed by atoms with Crippen molar-refractivity contribution in [1.29, 1.82) is 0 Å². The molecule has 74 valence electrons. The highest BCUT2D eigenvalue weighted by Gasteiger charge is 1.68. The summed E-state index contributed by atoms with van der Waals surface area (Å²) in [6, 6.07) is 3.89. The summed E-state index contributed by atoms with van der Waals surface area (Å²) in [6.07, 6.45) is 3.75. The second kappa shape index (κ2) is 16.7. The van der Waals surface area contributed by atoms with E-state index in [1.807, 2.05) is 38.4 Å². The number of H-pyrrole nitrogens is 1. The van der Waals surface area contributed by atoms with Crippen molar-refractivity contribution in [1.82, 2.24) is 4.98 Å². The second-order valence-corrected chi connectivity index (χ2v) is 2.62. The maximum absolute atomic E-state index is 2.86. The van der Waals surface area contributed by atoms with Crippen LogP contribution in [-0.2, 0) is 0 Å². The SMILES string of the molecule is C.CC.CC(C)C.c1cc[nH]c1. The standard InChI is InChI=1S/C4H5N.C4H10.C2H6.CH4/c1-2-4-5-3-1;1-4(2)3;1-2;/h1-5H;4H,1-3H3;1-2H3;1H4. The van der Waals surface area contributed by atoms with Crippen molar-refractivity contribution in [2.45, 2.75) is 42.0 Å². The summed E-state index contributed by atoms with van der Waals surface area (Å²) < 4.78 is 0. The first-order chi connectivity index (χ1) is 5.23. The summed E-state index contributed by atoms with van der Waals surface area (Å²) in [6.45, 7) is 10.5. The number of nitrogens with one attached hydrogen (secondary N) is 1. The van der Waals surface area contributed by atoms with Crippen molar-refractivity contribution in [3.05, 3.63) is 24.5 Å². The fourth-order valence-corrected chi connectivity index (χ4v) is 0.278. The van der Waals surface area contributed by atoms with Gasteiger partial charge in [-0.2, -0.15) is 0 Å². The number of aromatic amines is 1. The van der Waals surface area contributed by atoms with Gasteiger partial charge in [0, 0.05) is 12.4 Å². The van der Waals surface area contributed by atoms with Gasteiger partial charge in [0.05, 0.1) is 0 Å². The Morgan fingerprint density at radius 3 is 1.25 bits per heavy atom. The Hall–Kier alpha value is -0.720. The highest BCUT2D eigenvalue weighted by Crippen LogP contribution is 1.81. The van der Waals surface area contributed by atoms with Gasteiger partial charge in [0.25, 0.3) is 0 Å². The zero-order valence-corrected chi connectivity index (χ0v) is 8.39. The lowest BCUT2D eigenvalue weighted by atomic mass is 10.3. The van der Waals surface area contributed by atoms with E-state index in [1.54, 1.807) is 0 Å². The van der Waals surface area contributed by atoms with Crippen molar-refractivity contribution in [3.8, 4) is 0 Å². The van der Waals surface area contributed by atoms with Crippen molar-refractivity contribution < 1.29 is 0 Å². The molecule has 0 aliphatic carbocycles. The number of rotatable bonds is 0. The predicted molar refractivity (Wildman–Crippen MR) is 59.4 cm³/mol. The van der Waals surface area contributed by atoms with Crippen LogP contribution in [0.25, 0.3) is 0 Å². The molecule has 0 aliphatic heterocycles. The number of aromatic nitrogens is 1. The molecule has 1 aromatic heterocycles. The molecule has 0 saturated carbocycles. The van der Waals surface area contributed by atoms with Crippen LogP contribution >= 0.6 is 0 Å². The third-order valence-corrected chi connectivity index (χ3v) is 0.496. The van der Waals surface area contributed by atoms with E-state index in [4.69, 9.17) is 0 Å². The van der Waals surface area contributed by atoms with Crippen LogP contribution in [-0.4, -0.2) is 4.98 Å². The summed E-state index contributed by atoms with van der Waals surface area (Å²) in [5.74, 6) is 0.833. The van der Waals surface area contributed by atoms with Gasteiger partial charge in [0.1, 0.15) is 0 Å². The normalized spacial score (nSPS) is 6.83. The van der Waals surface area contributed by atoms with Crippen LogP contribution in [0.5, 0.6) is 0 Å². The van der Waals surface area contributed by atoms with E-state index in [0.29, 0.717) is 0 Å². The quantitative estimate of drug-likeness (QED) is 0.597. The van der Waals surface area contributed by atoms with Gasteiger partial charge in [-0.05, 0) is 18.1 Å². The van der Waals surface area contributed by atoms with E-state index in [0.717, 1.165) is 5.92 Å². The summed E-state index contributed by atoms with van der Waals surface area (Å²) in [7, 11) is 0. The van der Waals surface area contributed by atoms with Crippen LogP contribution in [0, 0.1) is 5.92 Å². The van der Waals surface area contributed by atoms with E-state index in [-0.39, 0.29) is 7.43 Å². The number of hydrogen-bond acceptors (Lipinski definition) is 0. The van der Waals surface area contributed by atoms with Crippen LogP contribution in [0.2, 0.25) is 0 Å². The molecule has 0 atom stereocenters. The third kappa shape index (κ3) is 34.7. The lowest BCUT2D eigenvalue weighted by molar-refractivity contribution is 0.737. The van der Waals surface area contributed by atoms with E-state index >= 15 is 0 Å². The molecule has 0 spiro atoms. The van der Waals surface area contributed by atoms with Crippen LogP contribution in [0.15, 0.2) is 24.5 Å². The molecule has 0 aromatic carbocycles. The molecular formula is C11H25N. The third-order valence-electron chi connectivity index (χ3n) is 0.496. The molecule has 0 radical (unpaired) electrons. The molecule has 0 amide bonds. The Morgan fingerprint density at radius 2 is 1.17 bits per heavy atom. The summed E-state index contributed by atoms with van der Waals surface area (Å²) in [4.78, 5) is 2.86. The van der Waals surface area contributed by atoms with Crippen LogP contribution in [0.3, 0.4) is 0 Å². The van der Waals surface area contributed by atoms with Crippen LogP contribution in [0.4, 0.5) is 0 Å². The highest BCUT2D eigenvalue weighted by atomic mass is 14.6. The minimum Gasteiger partial charge on any atom is -0.368 e. The zero-order valence-electron chi connectivity index (χ0n) is 8.39. The Kier molecular flexibility index (Phi) is 24.2. The summed E-state index contributed by atoms with van der Waals surface area (Å²) in [5, 5.41) is 0. The van der Waals surface area contributed by atoms with Crippen molar-refractivity contribution in [2.75, 3.05) is 0 Å². The average Bonchev–Trinajstić information content (AvgIpc) is 2.44. The molecule has 1 N–H and O–H groups in total. The fraction of sp³-hybridized carbons (Fsp3) is 0.636. The fourth-order valence-electron chi connectivity index (χ4n) is 0.278. The molecule has 1 nitrogen and oxygen atoms in total. The first kappa shape index (κ1) is 17.4. The minimum absolute atomic E-state index is 0. The maximum atomic E-state index is 2.86. The van der Waals surface area contributed by atoms with Gasteiger partial charge in [-0.15, -0.1) is 0 Å². The van der Waals surface area contributed by atoms with Gasteiger partial charge in [0.2, 0.25) is 0 Å².